The van der Waals surface area contributed by atoms with E-state index in [1.165, 1.54) is 4.68 Å². The van der Waals surface area contributed by atoms with Crippen LogP contribution in [0.25, 0.3) is 11.2 Å². The molecule has 1 fully saturated rings. The number of hydrogen-bond donors (Lipinski definition) is 6. The monoisotopic (exact) mass is 492 g/mol. The van der Waals surface area contributed by atoms with Gasteiger partial charge in [-0.1, -0.05) is 5.21 Å². The predicted molar refractivity (Wildman–Crippen MR) is 91.9 cm³/mol. The number of nitrogens with zero attached hydrogens (tertiary/aromatic N) is 5. The number of aromatic nitrogens is 5. The second-order valence-corrected chi connectivity index (χ2v) is 10.2. The van der Waals surface area contributed by atoms with Crippen molar-refractivity contribution < 1.29 is 56.3 Å². The fraction of sp³-hybridized carbons (Fsp3) is 0.556. The summed E-state index contributed by atoms with van der Waals surface area (Å²) in [6, 6.07) is 0. The number of phosphoric acid groups is 3. The quantitative estimate of drug-likeness (QED) is 0.236. The first-order chi connectivity index (χ1) is 13.8. The molecule has 1 aliphatic rings. The van der Waals surface area contributed by atoms with E-state index in [9.17, 15) is 23.7 Å². The molecule has 0 aliphatic carbocycles. The smallest absolute Gasteiger partial charge is 0.390 e. The molecule has 3 heterocycles. The Labute approximate surface area is 166 Å². The minimum Gasteiger partial charge on any atom is -0.390 e. The molecule has 3 rings (SSSR count). The number of rotatable bonds is 8. The topological polar surface area (TPSA) is 272 Å². The van der Waals surface area contributed by atoms with Crippen LogP contribution < -0.4 is 5.73 Å². The summed E-state index contributed by atoms with van der Waals surface area (Å²) in [7, 11) is -16.5. The van der Waals surface area contributed by atoms with E-state index in [0.717, 1.165) is 6.33 Å². The minimum atomic E-state index is -5.65. The van der Waals surface area contributed by atoms with Gasteiger partial charge in [0.25, 0.3) is 0 Å². The minimum absolute atomic E-state index is 0.0627. The number of anilines is 1. The molecule has 7 N–H and O–H groups in total. The lowest BCUT2D eigenvalue weighted by Crippen LogP contribution is -2.26. The molecule has 0 spiro atoms. The molecule has 0 saturated carbocycles. The molecule has 21 heteroatoms. The highest BCUT2D eigenvalue weighted by Gasteiger charge is 2.43. The fourth-order valence-electron chi connectivity index (χ4n) is 2.46. The largest absolute Gasteiger partial charge is 0.490 e. The van der Waals surface area contributed by atoms with Crippen molar-refractivity contribution in [1.29, 1.82) is 0 Å². The zero-order valence-electron chi connectivity index (χ0n) is 14.5. The summed E-state index contributed by atoms with van der Waals surface area (Å²) in [6.45, 7) is -0.814. The Morgan fingerprint density at radius 1 is 1.17 bits per heavy atom. The van der Waals surface area contributed by atoms with E-state index in [-0.39, 0.29) is 23.4 Å². The number of hydrogen-bond acceptors (Lipinski definition) is 13. The maximum Gasteiger partial charge on any atom is 0.490 e. The highest BCUT2D eigenvalue weighted by atomic mass is 31.3. The molecule has 1 saturated heterocycles. The molecular weight excluding hydrogens is 477 g/mol. The Hall–Kier alpha value is -1.39. The highest BCUT2D eigenvalue weighted by Crippen LogP contribution is 2.66. The van der Waals surface area contributed by atoms with Crippen LogP contribution in [-0.4, -0.2) is 68.5 Å². The van der Waals surface area contributed by atoms with Crippen LogP contribution in [0.3, 0.4) is 0 Å². The van der Waals surface area contributed by atoms with Crippen molar-refractivity contribution in [3.63, 3.8) is 0 Å². The molecule has 18 nitrogen and oxygen atoms in total. The lowest BCUT2D eigenvalue weighted by Gasteiger charge is -2.19. The van der Waals surface area contributed by atoms with Crippen LogP contribution >= 0.6 is 23.5 Å². The van der Waals surface area contributed by atoms with Crippen molar-refractivity contribution in [2.24, 2.45) is 0 Å². The van der Waals surface area contributed by atoms with Gasteiger partial charge in [0.05, 0.1) is 12.7 Å². The number of fused-ring (bicyclic) bond motifs is 1. The van der Waals surface area contributed by atoms with Crippen LogP contribution in [0.15, 0.2) is 6.33 Å². The van der Waals surface area contributed by atoms with Crippen molar-refractivity contribution in [1.82, 2.24) is 25.0 Å². The summed E-state index contributed by atoms with van der Waals surface area (Å²) in [6.07, 6.45) is -2.28. The van der Waals surface area contributed by atoms with Gasteiger partial charge in [0.2, 0.25) is 0 Å². The van der Waals surface area contributed by atoms with Crippen LogP contribution in [0.1, 0.15) is 12.6 Å². The summed E-state index contributed by atoms with van der Waals surface area (Å²) < 4.78 is 52.0. The summed E-state index contributed by atoms with van der Waals surface area (Å²) in [5, 5.41) is 17.7. The lowest BCUT2D eigenvalue weighted by atomic mass is 10.2. The Morgan fingerprint density at radius 2 is 1.87 bits per heavy atom. The highest BCUT2D eigenvalue weighted by molar-refractivity contribution is 7.66. The molecule has 5 atom stereocenters. The Bertz CT molecular complexity index is 1070. The molecule has 168 valence electrons. The van der Waals surface area contributed by atoms with Gasteiger partial charge in [-0.05, 0) is 0 Å². The van der Waals surface area contributed by atoms with E-state index >= 15 is 0 Å². The first kappa shape index (κ1) is 23.3. The van der Waals surface area contributed by atoms with Gasteiger partial charge >= 0.3 is 23.5 Å². The molecule has 0 aromatic carbocycles. The number of aliphatic hydroxyl groups is 1. The van der Waals surface area contributed by atoms with Crippen LogP contribution in [-0.2, 0) is 31.6 Å². The van der Waals surface area contributed by atoms with E-state index in [0.29, 0.717) is 0 Å². The third-order valence-electron chi connectivity index (χ3n) is 3.58. The standard InChI is InChI=1S/C9H15N6O12P3/c10-8-7-9(12-3-11-8)15(14-13-7)6-1-4(16)5(25-6)2-24-29(20,21)27-30(22,23)26-28(17,18)19/h3-6,16H,1-2H2,(H,20,21)(H,22,23)(H2,10,11,12)(H2,17,18,19)/t4-,5+,6+/m0/s1. The van der Waals surface area contributed by atoms with E-state index in [1.54, 1.807) is 0 Å². The Kier molecular flexibility index (Phi) is 6.42. The van der Waals surface area contributed by atoms with Crippen LogP contribution in [0.2, 0.25) is 0 Å². The summed E-state index contributed by atoms with van der Waals surface area (Å²) in [5.41, 5.74) is 6.04. The molecule has 2 aromatic heterocycles. The third kappa shape index (κ3) is 5.64. The van der Waals surface area contributed by atoms with Crippen molar-refractivity contribution in [2.75, 3.05) is 12.3 Å². The molecular formula is C9H15N6O12P3. The lowest BCUT2D eigenvalue weighted by molar-refractivity contribution is -0.0466. The molecule has 0 amide bonds. The Morgan fingerprint density at radius 3 is 2.53 bits per heavy atom. The van der Waals surface area contributed by atoms with E-state index in [1.807, 2.05) is 0 Å². The van der Waals surface area contributed by atoms with E-state index < -0.39 is 48.5 Å². The van der Waals surface area contributed by atoms with Gasteiger partial charge in [0.15, 0.2) is 23.2 Å². The third-order valence-corrected chi connectivity index (χ3v) is 7.39. The summed E-state index contributed by atoms with van der Waals surface area (Å²) >= 11 is 0. The first-order valence-electron chi connectivity index (χ1n) is 7.69. The Balaban J connectivity index is 1.64. The second-order valence-electron chi connectivity index (χ2n) is 5.78. The summed E-state index contributed by atoms with van der Waals surface area (Å²) in [4.78, 5) is 43.2. The van der Waals surface area contributed by atoms with Crippen LogP contribution in [0.4, 0.5) is 5.82 Å². The first-order valence-corrected chi connectivity index (χ1v) is 12.2. The van der Waals surface area contributed by atoms with Gasteiger partial charge in [-0.3, -0.25) is 4.52 Å². The fourth-order valence-corrected chi connectivity index (χ4v) is 5.49. The second kappa shape index (κ2) is 8.27. The molecule has 0 radical (unpaired) electrons. The van der Waals surface area contributed by atoms with Gasteiger partial charge in [-0.25, -0.2) is 23.7 Å². The van der Waals surface area contributed by atoms with E-state index in [2.05, 4.69) is 33.4 Å². The zero-order valence-corrected chi connectivity index (χ0v) is 17.2. The van der Waals surface area contributed by atoms with Gasteiger partial charge < -0.3 is 35.2 Å². The SMILES string of the molecule is Nc1ncnc2c1nnn2[C@H]1C[C@H](O)[C@@H](COP(=O)(O)OP(=O)(O)OP(=O)(O)O)O1. The van der Waals surface area contributed by atoms with E-state index in [4.69, 9.17) is 25.2 Å². The number of nitrogens with two attached hydrogens (primary N) is 1. The van der Waals surface area contributed by atoms with Crippen molar-refractivity contribution in [3.8, 4) is 0 Å². The number of aliphatic hydroxyl groups excluding tert-OH is 1. The number of ether oxygens (including phenoxy) is 1. The van der Waals surface area contributed by atoms with Crippen LogP contribution in [0.5, 0.6) is 0 Å². The number of phosphoric ester groups is 1. The van der Waals surface area contributed by atoms with Crippen molar-refractivity contribution >= 4 is 40.4 Å². The molecule has 2 unspecified atom stereocenters. The van der Waals surface area contributed by atoms with Gasteiger partial charge in [-0.2, -0.15) is 13.3 Å². The molecule has 0 bridgehead atoms. The maximum atomic E-state index is 11.8. The molecule has 1 aliphatic heterocycles. The maximum absolute atomic E-state index is 11.8. The average molecular weight is 492 g/mol. The zero-order chi connectivity index (χ0) is 22.3. The van der Waals surface area contributed by atoms with Crippen molar-refractivity contribution in [2.45, 2.75) is 24.9 Å². The predicted octanol–water partition coefficient (Wildman–Crippen LogP) is -1.20. The number of nitrogen functional groups attached to an aromatic ring is 1. The van der Waals surface area contributed by atoms with Gasteiger partial charge in [-0.15, -0.1) is 5.10 Å². The van der Waals surface area contributed by atoms with Crippen LogP contribution in [0, 0.1) is 0 Å². The molecule has 2 aromatic rings. The molecule has 30 heavy (non-hydrogen) atoms. The average Bonchev–Trinajstić information content (AvgIpc) is 3.14. The normalized spacial score (nSPS) is 26.5. The van der Waals surface area contributed by atoms with Gasteiger partial charge in [0.1, 0.15) is 12.4 Å². The van der Waals surface area contributed by atoms with Gasteiger partial charge in [0, 0.05) is 6.42 Å². The summed E-state index contributed by atoms with van der Waals surface area (Å²) in [5.74, 6) is 0.0639. The van der Waals surface area contributed by atoms with Crippen molar-refractivity contribution in [3.05, 3.63) is 6.33 Å².